The Balaban J connectivity index is 1.61. The number of hydrogen-bond donors (Lipinski definition) is 2. The van der Waals surface area contributed by atoms with Gasteiger partial charge in [-0.15, -0.1) is 0 Å². The van der Waals surface area contributed by atoms with Crippen LogP contribution in [0.1, 0.15) is 50.8 Å². The van der Waals surface area contributed by atoms with Gasteiger partial charge >= 0.3 is 5.97 Å². The number of aryl methyl sites for hydroxylation is 1. The summed E-state index contributed by atoms with van der Waals surface area (Å²) in [5.74, 6) is -0.773. The predicted molar refractivity (Wildman–Crippen MR) is 164 cm³/mol. The molecule has 0 atom stereocenters. The summed E-state index contributed by atoms with van der Waals surface area (Å²) in [5, 5.41) is 12.4. The molecule has 42 heavy (non-hydrogen) atoms. The van der Waals surface area contributed by atoms with Crippen molar-refractivity contribution in [1.82, 2.24) is 10.2 Å². The van der Waals surface area contributed by atoms with Gasteiger partial charge in [0, 0.05) is 30.8 Å². The van der Waals surface area contributed by atoms with E-state index in [2.05, 4.69) is 5.32 Å². The molecule has 0 aliphatic carbocycles. The molecular weight excluding hydrogens is 528 g/mol. The van der Waals surface area contributed by atoms with E-state index in [1.54, 1.807) is 29.2 Å². The third-order valence-corrected chi connectivity index (χ3v) is 7.13. The third kappa shape index (κ3) is 7.63. The molecule has 0 aliphatic heterocycles. The van der Waals surface area contributed by atoms with E-state index in [1.807, 2.05) is 86.6 Å². The number of carbonyl (C=O) groups is 3. The maximum Gasteiger partial charge on any atom is 0.305 e. The lowest BCUT2D eigenvalue weighted by molar-refractivity contribution is -0.137. The van der Waals surface area contributed by atoms with Crippen LogP contribution in [-0.4, -0.2) is 47.5 Å². The van der Waals surface area contributed by atoms with Gasteiger partial charge in [-0.2, -0.15) is 0 Å². The Hall–Kier alpha value is -4.91. The van der Waals surface area contributed by atoms with Crippen molar-refractivity contribution in [1.29, 1.82) is 0 Å². The summed E-state index contributed by atoms with van der Waals surface area (Å²) in [4.78, 5) is 40.4. The first-order valence-electron chi connectivity index (χ1n) is 14.1. The number of carboxylic acid groups (broad SMARTS) is 1. The number of ether oxygens (including phenoxy) is 1. The monoisotopic (exact) mass is 564 g/mol. The molecule has 2 N–H and O–H groups in total. The van der Waals surface area contributed by atoms with E-state index in [9.17, 15) is 19.5 Å². The van der Waals surface area contributed by atoms with Gasteiger partial charge in [0.15, 0.2) is 0 Å². The topological polar surface area (TPSA) is 95.9 Å². The molecule has 0 aliphatic rings. The number of benzene rings is 4. The van der Waals surface area contributed by atoms with Crippen molar-refractivity contribution >= 4 is 17.8 Å². The Morgan fingerprint density at radius 2 is 1.36 bits per heavy atom. The zero-order valence-electron chi connectivity index (χ0n) is 24.0. The largest absolute Gasteiger partial charge is 0.494 e. The van der Waals surface area contributed by atoms with Crippen LogP contribution >= 0.6 is 0 Å². The minimum absolute atomic E-state index is 0.0534. The lowest BCUT2D eigenvalue weighted by atomic mass is 9.94. The Morgan fingerprint density at radius 1 is 0.762 bits per heavy atom. The van der Waals surface area contributed by atoms with Crippen molar-refractivity contribution in [2.75, 3.05) is 19.7 Å². The molecule has 0 saturated carbocycles. The Bertz CT molecular complexity index is 1550. The fourth-order valence-electron chi connectivity index (χ4n) is 4.88. The Labute approximate surface area is 246 Å². The van der Waals surface area contributed by atoms with Gasteiger partial charge in [-0.05, 0) is 66.3 Å². The van der Waals surface area contributed by atoms with Gasteiger partial charge in [0.2, 0.25) is 0 Å². The van der Waals surface area contributed by atoms with E-state index in [-0.39, 0.29) is 24.8 Å². The average Bonchev–Trinajstić information content (AvgIpc) is 3.01. The molecule has 0 aromatic heterocycles. The summed E-state index contributed by atoms with van der Waals surface area (Å²) >= 11 is 0. The van der Waals surface area contributed by atoms with Gasteiger partial charge in [-0.25, -0.2) is 0 Å². The van der Waals surface area contributed by atoms with Gasteiger partial charge in [-0.3, -0.25) is 14.4 Å². The second-order valence-electron chi connectivity index (χ2n) is 9.93. The van der Waals surface area contributed by atoms with E-state index in [4.69, 9.17) is 4.74 Å². The van der Waals surface area contributed by atoms with Crippen LogP contribution in [0, 0.1) is 6.92 Å². The highest BCUT2D eigenvalue weighted by molar-refractivity contribution is 6.06. The quantitative estimate of drug-likeness (QED) is 0.203. The molecule has 0 heterocycles. The summed E-state index contributed by atoms with van der Waals surface area (Å²) < 4.78 is 5.74. The lowest BCUT2D eigenvalue weighted by Crippen LogP contribution is -2.35. The first-order valence-corrected chi connectivity index (χ1v) is 14.1. The van der Waals surface area contributed by atoms with E-state index in [0.717, 1.165) is 22.4 Å². The highest BCUT2D eigenvalue weighted by Crippen LogP contribution is 2.29. The van der Waals surface area contributed by atoms with Crippen LogP contribution in [0.25, 0.3) is 11.1 Å². The molecule has 4 aromatic carbocycles. The number of hydrogen-bond acceptors (Lipinski definition) is 4. The van der Waals surface area contributed by atoms with Crippen molar-refractivity contribution in [3.63, 3.8) is 0 Å². The standard InChI is InChI=1S/C35H36N2O5/c1-3-42-32-19-11-6-13-26(32)20-22-37(23-21-33(38)39)35(41)31-18-10-8-16-29(31)28-15-7-9-17-30(28)34(40)36-24-27-14-5-4-12-25(27)2/h4-19H,3,20-24H2,1-2H3,(H,36,40)(H,38,39). The summed E-state index contributed by atoms with van der Waals surface area (Å²) in [5.41, 5.74) is 5.15. The Kier molecular flexibility index (Phi) is 10.5. The van der Waals surface area contributed by atoms with Crippen LogP contribution in [0.2, 0.25) is 0 Å². The fourth-order valence-corrected chi connectivity index (χ4v) is 4.88. The molecule has 0 fully saturated rings. The second kappa shape index (κ2) is 14.6. The van der Waals surface area contributed by atoms with Crippen molar-refractivity contribution in [2.45, 2.75) is 33.2 Å². The van der Waals surface area contributed by atoms with E-state index >= 15 is 0 Å². The molecule has 0 bridgehead atoms. The average molecular weight is 565 g/mol. The summed E-state index contributed by atoms with van der Waals surface area (Å²) in [7, 11) is 0. The minimum Gasteiger partial charge on any atom is -0.494 e. The summed E-state index contributed by atoms with van der Waals surface area (Å²) in [6.45, 7) is 5.18. The highest BCUT2D eigenvalue weighted by Gasteiger charge is 2.23. The van der Waals surface area contributed by atoms with Crippen LogP contribution < -0.4 is 10.1 Å². The minimum atomic E-state index is -0.980. The molecule has 0 unspecified atom stereocenters. The number of nitrogens with one attached hydrogen (secondary N) is 1. The molecule has 0 radical (unpaired) electrons. The van der Waals surface area contributed by atoms with Crippen molar-refractivity contribution < 1.29 is 24.2 Å². The van der Waals surface area contributed by atoms with Crippen molar-refractivity contribution in [3.8, 4) is 16.9 Å². The zero-order chi connectivity index (χ0) is 29.9. The van der Waals surface area contributed by atoms with Gasteiger partial charge < -0.3 is 20.1 Å². The molecule has 216 valence electrons. The van der Waals surface area contributed by atoms with E-state index < -0.39 is 5.97 Å². The molecule has 0 saturated heterocycles. The molecule has 7 heteroatoms. The summed E-state index contributed by atoms with van der Waals surface area (Å²) in [6, 6.07) is 29.9. The van der Waals surface area contributed by atoms with Crippen molar-refractivity contribution in [2.24, 2.45) is 0 Å². The number of carbonyl (C=O) groups excluding carboxylic acids is 2. The number of aliphatic carboxylic acids is 1. The van der Waals surface area contributed by atoms with Gasteiger partial charge in [0.05, 0.1) is 13.0 Å². The third-order valence-electron chi connectivity index (χ3n) is 7.13. The number of amides is 2. The SMILES string of the molecule is CCOc1ccccc1CCN(CCC(=O)O)C(=O)c1ccccc1-c1ccccc1C(=O)NCc1ccccc1C. The maximum atomic E-state index is 14.0. The predicted octanol–water partition coefficient (Wildman–Crippen LogP) is 6.15. The highest BCUT2D eigenvalue weighted by atomic mass is 16.5. The second-order valence-corrected chi connectivity index (χ2v) is 9.93. The molecule has 4 aromatic rings. The molecule has 4 rings (SSSR count). The van der Waals surface area contributed by atoms with Crippen LogP contribution in [0.4, 0.5) is 0 Å². The zero-order valence-corrected chi connectivity index (χ0v) is 24.0. The lowest BCUT2D eigenvalue weighted by Gasteiger charge is -2.24. The maximum absolute atomic E-state index is 14.0. The number of para-hydroxylation sites is 1. The smallest absolute Gasteiger partial charge is 0.305 e. The number of rotatable bonds is 13. The number of carboxylic acids is 1. The normalized spacial score (nSPS) is 10.6. The molecule has 7 nitrogen and oxygen atoms in total. The fraction of sp³-hybridized carbons (Fsp3) is 0.229. The van der Waals surface area contributed by atoms with Gasteiger partial charge in [-0.1, -0.05) is 78.9 Å². The van der Waals surface area contributed by atoms with Crippen LogP contribution in [0.5, 0.6) is 5.75 Å². The molecular formula is C35H36N2O5. The van der Waals surface area contributed by atoms with Crippen molar-refractivity contribution in [3.05, 3.63) is 125 Å². The number of nitrogens with zero attached hydrogens (tertiary/aromatic N) is 1. The van der Waals surface area contributed by atoms with E-state index in [0.29, 0.717) is 48.4 Å². The summed E-state index contributed by atoms with van der Waals surface area (Å²) in [6.07, 6.45) is 0.320. The van der Waals surface area contributed by atoms with Crippen LogP contribution in [0.15, 0.2) is 97.1 Å². The van der Waals surface area contributed by atoms with E-state index in [1.165, 1.54) is 0 Å². The van der Waals surface area contributed by atoms with Gasteiger partial charge in [0.1, 0.15) is 5.75 Å². The Morgan fingerprint density at radius 3 is 2.05 bits per heavy atom. The van der Waals surface area contributed by atoms with Crippen LogP contribution in [-0.2, 0) is 17.8 Å². The van der Waals surface area contributed by atoms with Crippen LogP contribution in [0.3, 0.4) is 0 Å². The molecule has 0 spiro atoms. The first kappa shape index (κ1) is 30.1. The van der Waals surface area contributed by atoms with Gasteiger partial charge in [0.25, 0.3) is 11.8 Å². The molecule has 2 amide bonds. The first-order chi connectivity index (χ1) is 20.4.